The first-order valence-electron chi connectivity index (χ1n) is 6.57. The third-order valence-corrected chi connectivity index (χ3v) is 3.73. The van der Waals surface area contributed by atoms with Crippen molar-refractivity contribution in [3.05, 3.63) is 24.0 Å². The molecule has 116 valence electrons. The molecular formula is C15H20FNO4. The summed E-state index contributed by atoms with van der Waals surface area (Å²) in [5.74, 6) is -2.24. The Morgan fingerprint density at radius 1 is 1.43 bits per heavy atom. The summed E-state index contributed by atoms with van der Waals surface area (Å²) < 4.78 is 18.3. The van der Waals surface area contributed by atoms with Crippen LogP contribution in [0.5, 0.6) is 5.75 Å². The van der Waals surface area contributed by atoms with E-state index in [4.69, 9.17) is 4.74 Å². The maximum Gasteiger partial charge on any atom is 0.310 e. The van der Waals surface area contributed by atoms with E-state index in [1.54, 1.807) is 13.8 Å². The van der Waals surface area contributed by atoms with E-state index < -0.39 is 23.1 Å². The summed E-state index contributed by atoms with van der Waals surface area (Å²) in [6, 6.07) is 4.02. The van der Waals surface area contributed by atoms with Crippen LogP contribution in [0, 0.1) is 17.2 Å². The number of carboxylic acids is 1. The van der Waals surface area contributed by atoms with Gasteiger partial charge in [-0.15, -0.1) is 0 Å². The van der Waals surface area contributed by atoms with Crippen molar-refractivity contribution in [2.45, 2.75) is 27.2 Å². The van der Waals surface area contributed by atoms with E-state index in [0.717, 1.165) is 6.07 Å². The fourth-order valence-electron chi connectivity index (χ4n) is 1.81. The Hall–Kier alpha value is -2.11. The smallest absolute Gasteiger partial charge is 0.310 e. The van der Waals surface area contributed by atoms with Gasteiger partial charge in [0.25, 0.3) is 0 Å². The number of carbonyl (C=O) groups excluding carboxylic acids is 1. The molecule has 0 radical (unpaired) electrons. The third kappa shape index (κ3) is 3.93. The molecule has 0 spiro atoms. The summed E-state index contributed by atoms with van der Waals surface area (Å²) in [5, 5.41) is 11.8. The molecule has 0 aliphatic heterocycles. The van der Waals surface area contributed by atoms with Gasteiger partial charge in [-0.1, -0.05) is 13.8 Å². The second-order valence-electron chi connectivity index (χ2n) is 5.45. The highest BCUT2D eigenvalue weighted by Crippen LogP contribution is 2.32. The fourth-order valence-corrected chi connectivity index (χ4v) is 1.81. The highest BCUT2D eigenvalue weighted by atomic mass is 19.1. The summed E-state index contributed by atoms with van der Waals surface area (Å²) in [7, 11) is 1.34. The van der Waals surface area contributed by atoms with Crippen molar-refractivity contribution in [3.63, 3.8) is 0 Å². The summed E-state index contributed by atoms with van der Waals surface area (Å²) in [5.41, 5.74) is -0.912. The van der Waals surface area contributed by atoms with Crippen molar-refractivity contribution in [2.75, 3.05) is 12.4 Å². The van der Waals surface area contributed by atoms with Crippen LogP contribution in [0.3, 0.4) is 0 Å². The topological polar surface area (TPSA) is 75.6 Å². The molecule has 0 heterocycles. The summed E-state index contributed by atoms with van der Waals surface area (Å²) in [6.45, 7) is 5.01. The molecule has 0 saturated heterocycles. The maximum absolute atomic E-state index is 13.5. The molecule has 1 amide bonds. The van der Waals surface area contributed by atoms with Crippen molar-refractivity contribution in [3.8, 4) is 5.75 Å². The number of carboxylic acid groups (broad SMARTS) is 1. The highest BCUT2D eigenvalue weighted by Gasteiger charge is 2.38. The van der Waals surface area contributed by atoms with Crippen LogP contribution < -0.4 is 10.1 Å². The number of hydrogen-bond donors (Lipinski definition) is 2. The zero-order chi connectivity index (χ0) is 16.2. The average Bonchev–Trinajstić information content (AvgIpc) is 2.38. The van der Waals surface area contributed by atoms with Gasteiger partial charge >= 0.3 is 5.97 Å². The number of anilines is 1. The van der Waals surface area contributed by atoms with E-state index in [1.165, 1.54) is 26.2 Å². The molecule has 2 N–H and O–H groups in total. The molecule has 1 rings (SSSR count). The SMILES string of the molecule is COc1ccc(NC(=O)CC(C)(C(=O)O)C(C)C)cc1F. The van der Waals surface area contributed by atoms with Crippen molar-refractivity contribution < 1.29 is 23.8 Å². The van der Waals surface area contributed by atoms with Gasteiger partial charge in [0.1, 0.15) is 0 Å². The van der Waals surface area contributed by atoms with Crippen LogP contribution in [0.2, 0.25) is 0 Å². The Labute approximate surface area is 123 Å². The predicted octanol–water partition coefficient (Wildman–Crippen LogP) is 2.91. The van der Waals surface area contributed by atoms with Gasteiger partial charge in [-0.05, 0) is 25.0 Å². The Balaban J connectivity index is 2.82. The van der Waals surface area contributed by atoms with Gasteiger partial charge < -0.3 is 15.2 Å². The van der Waals surface area contributed by atoms with Gasteiger partial charge in [0.2, 0.25) is 5.91 Å². The number of ether oxygens (including phenoxy) is 1. The lowest BCUT2D eigenvalue weighted by atomic mass is 9.76. The average molecular weight is 297 g/mol. The molecule has 1 unspecified atom stereocenters. The van der Waals surface area contributed by atoms with Gasteiger partial charge in [-0.2, -0.15) is 0 Å². The van der Waals surface area contributed by atoms with E-state index in [-0.39, 0.29) is 23.8 Å². The van der Waals surface area contributed by atoms with E-state index in [9.17, 15) is 19.1 Å². The van der Waals surface area contributed by atoms with Crippen LogP contribution >= 0.6 is 0 Å². The van der Waals surface area contributed by atoms with Crippen LogP contribution in [0.1, 0.15) is 27.2 Å². The minimum absolute atomic E-state index is 0.0746. The molecular weight excluding hydrogens is 277 g/mol. The second-order valence-corrected chi connectivity index (χ2v) is 5.45. The monoisotopic (exact) mass is 297 g/mol. The van der Waals surface area contributed by atoms with Crippen LogP contribution in [0.15, 0.2) is 18.2 Å². The summed E-state index contributed by atoms with van der Waals surface area (Å²) in [6.07, 6.45) is -0.187. The van der Waals surface area contributed by atoms with Crippen molar-refractivity contribution in [1.29, 1.82) is 0 Å². The first kappa shape index (κ1) is 16.9. The molecule has 0 aromatic heterocycles. The molecule has 0 aliphatic rings. The second kappa shape index (κ2) is 6.56. The van der Waals surface area contributed by atoms with Crippen molar-refractivity contribution in [2.24, 2.45) is 11.3 Å². The molecule has 0 bridgehead atoms. The van der Waals surface area contributed by atoms with Gasteiger partial charge in [0.15, 0.2) is 11.6 Å². The molecule has 1 aromatic carbocycles. The molecule has 5 nitrogen and oxygen atoms in total. The number of nitrogens with one attached hydrogen (secondary N) is 1. The number of amides is 1. The Morgan fingerprint density at radius 2 is 2.05 bits per heavy atom. The summed E-state index contributed by atoms with van der Waals surface area (Å²) >= 11 is 0. The number of aliphatic carboxylic acids is 1. The lowest BCUT2D eigenvalue weighted by Crippen LogP contribution is -2.37. The van der Waals surface area contributed by atoms with E-state index in [1.807, 2.05) is 0 Å². The lowest BCUT2D eigenvalue weighted by molar-refractivity contribution is -0.153. The third-order valence-electron chi connectivity index (χ3n) is 3.73. The molecule has 1 atom stereocenters. The van der Waals surface area contributed by atoms with Crippen LogP contribution in [-0.4, -0.2) is 24.1 Å². The molecule has 6 heteroatoms. The van der Waals surface area contributed by atoms with Gasteiger partial charge in [-0.3, -0.25) is 9.59 Å². The Bertz CT molecular complexity index is 544. The minimum atomic E-state index is -1.17. The summed E-state index contributed by atoms with van der Waals surface area (Å²) in [4.78, 5) is 23.3. The molecule has 21 heavy (non-hydrogen) atoms. The number of rotatable bonds is 6. The first-order valence-corrected chi connectivity index (χ1v) is 6.57. The number of methoxy groups -OCH3 is 1. The fraction of sp³-hybridized carbons (Fsp3) is 0.467. The van der Waals surface area contributed by atoms with E-state index in [2.05, 4.69) is 5.32 Å². The largest absolute Gasteiger partial charge is 0.494 e. The van der Waals surface area contributed by atoms with E-state index >= 15 is 0 Å². The van der Waals surface area contributed by atoms with Gasteiger partial charge in [-0.25, -0.2) is 4.39 Å². The highest BCUT2D eigenvalue weighted by molar-refractivity contribution is 5.94. The number of benzene rings is 1. The van der Waals surface area contributed by atoms with E-state index in [0.29, 0.717) is 0 Å². The lowest BCUT2D eigenvalue weighted by Gasteiger charge is -2.28. The number of halogens is 1. The predicted molar refractivity (Wildman–Crippen MR) is 76.8 cm³/mol. The molecule has 0 aliphatic carbocycles. The minimum Gasteiger partial charge on any atom is -0.494 e. The molecule has 0 saturated carbocycles. The van der Waals surface area contributed by atoms with Crippen LogP contribution in [0.4, 0.5) is 10.1 Å². The Kier molecular flexibility index (Phi) is 5.29. The Morgan fingerprint density at radius 3 is 2.48 bits per heavy atom. The molecule has 1 aromatic rings. The number of hydrogen-bond acceptors (Lipinski definition) is 3. The van der Waals surface area contributed by atoms with Crippen LogP contribution in [0.25, 0.3) is 0 Å². The quantitative estimate of drug-likeness (QED) is 0.846. The number of carbonyl (C=O) groups is 2. The zero-order valence-electron chi connectivity index (χ0n) is 12.6. The first-order chi connectivity index (χ1) is 9.70. The maximum atomic E-state index is 13.5. The molecule has 0 fully saturated rings. The van der Waals surface area contributed by atoms with Crippen LogP contribution in [-0.2, 0) is 9.59 Å². The van der Waals surface area contributed by atoms with Crippen molar-refractivity contribution in [1.82, 2.24) is 0 Å². The normalized spacial score (nSPS) is 13.6. The van der Waals surface area contributed by atoms with Crippen molar-refractivity contribution >= 4 is 17.6 Å². The van der Waals surface area contributed by atoms with Gasteiger partial charge in [0, 0.05) is 18.2 Å². The zero-order valence-corrected chi connectivity index (χ0v) is 12.6. The van der Waals surface area contributed by atoms with Gasteiger partial charge in [0.05, 0.1) is 12.5 Å². The standard InChI is InChI=1S/C15H20FNO4/c1-9(2)15(3,14(19)20)8-13(18)17-10-5-6-12(21-4)11(16)7-10/h5-7,9H,8H2,1-4H3,(H,17,18)(H,19,20).